The molecule has 28 heavy (non-hydrogen) atoms. The number of hydrogen-bond donors (Lipinski definition) is 1. The molecule has 1 N–H and O–H groups in total. The summed E-state index contributed by atoms with van der Waals surface area (Å²) in [7, 11) is 0. The van der Waals surface area contributed by atoms with Crippen LogP contribution in [-0.4, -0.2) is 25.1 Å². The summed E-state index contributed by atoms with van der Waals surface area (Å²) in [6, 6.07) is 10.9. The van der Waals surface area contributed by atoms with Crippen LogP contribution in [0.5, 0.6) is 0 Å². The first-order valence-corrected chi connectivity index (χ1v) is 8.87. The molecule has 0 saturated heterocycles. The van der Waals surface area contributed by atoms with Crippen molar-refractivity contribution in [2.75, 3.05) is 18.5 Å². The molecule has 6 nitrogen and oxygen atoms in total. The predicted octanol–water partition coefficient (Wildman–Crippen LogP) is 4.56. The lowest BCUT2D eigenvalue weighted by molar-refractivity contribution is -0.119. The monoisotopic (exact) mass is 405 g/mol. The Morgan fingerprint density at radius 1 is 1.21 bits per heavy atom. The van der Waals surface area contributed by atoms with E-state index in [1.165, 1.54) is 12.1 Å². The lowest BCUT2D eigenvalue weighted by atomic mass is 10.1. The van der Waals surface area contributed by atoms with Crippen molar-refractivity contribution in [1.82, 2.24) is 0 Å². The Balaban J connectivity index is 1.70. The van der Waals surface area contributed by atoms with E-state index in [1.54, 1.807) is 18.2 Å². The van der Waals surface area contributed by atoms with Crippen LogP contribution in [0.2, 0.25) is 5.02 Å². The predicted molar refractivity (Wildman–Crippen MR) is 102 cm³/mol. The van der Waals surface area contributed by atoms with E-state index in [0.29, 0.717) is 17.8 Å². The summed E-state index contributed by atoms with van der Waals surface area (Å²) in [5.41, 5.74) is 0.952. The van der Waals surface area contributed by atoms with E-state index in [0.717, 1.165) is 11.5 Å². The van der Waals surface area contributed by atoms with Gasteiger partial charge >= 0.3 is 5.97 Å². The van der Waals surface area contributed by atoms with Crippen LogP contribution in [0, 0.1) is 5.82 Å². The first kappa shape index (κ1) is 19.9. The van der Waals surface area contributed by atoms with Gasteiger partial charge in [-0.3, -0.25) is 4.79 Å². The summed E-state index contributed by atoms with van der Waals surface area (Å²) in [4.78, 5) is 24.4. The number of anilines is 1. The molecule has 0 atom stereocenters. The molecule has 0 aliphatic carbocycles. The molecule has 0 aliphatic rings. The van der Waals surface area contributed by atoms with Gasteiger partial charge in [0.15, 0.2) is 6.61 Å². The Labute approximate surface area is 165 Å². The second-order valence-corrected chi connectivity index (χ2v) is 6.23. The Kier molecular flexibility index (Phi) is 6.28. The fraction of sp³-hybridized carbons (Fsp3) is 0.200. The quantitative estimate of drug-likeness (QED) is 0.583. The number of benzene rings is 2. The van der Waals surface area contributed by atoms with Crippen molar-refractivity contribution in [3.63, 3.8) is 0 Å². The van der Waals surface area contributed by atoms with E-state index in [2.05, 4.69) is 5.32 Å². The highest BCUT2D eigenvalue weighted by Crippen LogP contribution is 2.27. The summed E-state index contributed by atoms with van der Waals surface area (Å²) >= 11 is 5.78. The lowest BCUT2D eigenvalue weighted by Gasteiger charge is -2.08. The number of furan rings is 1. The molecule has 0 spiro atoms. The summed E-state index contributed by atoms with van der Waals surface area (Å²) in [6.45, 7) is 1.84. The smallest absolute Gasteiger partial charge is 0.375 e. The number of halogens is 2. The van der Waals surface area contributed by atoms with Crippen molar-refractivity contribution in [1.29, 1.82) is 0 Å². The number of para-hydroxylation sites is 1. The van der Waals surface area contributed by atoms with Gasteiger partial charge in [0, 0.05) is 22.6 Å². The highest BCUT2D eigenvalue weighted by molar-refractivity contribution is 6.30. The van der Waals surface area contributed by atoms with Crippen molar-refractivity contribution in [2.24, 2.45) is 0 Å². The first-order valence-electron chi connectivity index (χ1n) is 8.49. The van der Waals surface area contributed by atoms with Crippen LogP contribution in [0.15, 0.2) is 46.9 Å². The van der Waals surface area contributed by atoms with Crippen LogP contribution in [0.3, 0.4) is 0 Å². The van der Waals surface area contributed by atoms with Crippen molar-refractivity contribution in [3.8, 4) is 0 Å². The molecule has 3 rings (SSSR count). The number of esters is 1. The van der Waals surface area contributed by atoms with E-state index in [4.69, 9.17) is 25.5 Å². The van der Waals surface area contributed by atoms with E-state index in [1.807, 2.05) is 13.0 Å². The second kappa shape index (κ2) is 8.86. The van der Waals surface area contributed by atoms with Gasteiger partial charge < -0.3 is 19.2 Å². The van der Waals surface area contributed by atoms with E-state index in [-0.39, 0.29) is 23.1 Å². The molecule has 146 valence electrons. The molecule has 0 aliphatic heterocycles. The number of ether oxygens (including phenoxy) is 2. The van der Waals surface area contributed by atoms with E-state index >= 15 is 0 Å². The number of carbonyl (C=O) groups is 2. The van der Waals surface area contributed by atoms with Gasteiger partial charge in [-0.05, 0) is 31.2 Å². The summed E-state index contributed by atoms with van der Waals surface area (Å²) in [6.07, 6.45) is 0. The molecular formula is C20H17ClFNO5. The van der Waals surface area contributed by atoms with Gasteiger partial charge in [-0.2, -0.15) is 0 Å². The molecule has 0 radical (unpaired) electrons. The number of rotatable bonds is 7. The largest absolute Gasteiger partial charge is 0.450 e. The third-order valence-electron chi connectivity index (χ3n) is 3.87. The molecule has 8 heteroatoms. The molecule has 0 saturated carbocycles. The average Bonchev–Trinajstić information content (AvgIpc) is 3.06. The zero-order chi connectivity index (χ0) is 20.1. The maximum Gasteiger partial charge on any atom is 0.375 e. The highest BCUT2D eigenvalue weighted by Gasteiger charge is 2.22. The average molecular weight is 406 g/mol. The minimum atomic E-state index is -0.812. The van der Waals surface area contributed by atoms with E-state index < -0.39 is 24.3 Å². The number of amides is 1. The normalized spacial score (nSPS) is 10.8. The maximum absolute atomic E-state index is 13.7. The van der Waals surface area contributed by atoms with Crippen LogP contribution in [0.4, 0.5) is 10.1 Å². The molecule has 3 aromatic rings. The Bertz CT molecular complexity index is 1020. The Morgan fingerprint density at radius 3 is 2.79 bits per heavy atom. The third kappa shape index (κ3) is 4.49. The minimum Gasteiger partial charge on any atom is -0.450 e. The van der Waals surface area contributed by atoms with Gasteiger partial charge in [-0.15, -0.1) is 0 Å². The van der Waals surface area contributed by atoms with Crippen molar-refractivity contribution < 1.29 is 27.9 Å². The number of hydrogen-bond acceptors (Lipinski definition) is 5. The van der Waals surface area contributed by atoms with Gasteiger partial charge in [0.1, 0.15) is 11.4 Å². The zero-order valence-corrected chi connectivity index (χ0v) is 15.7. The summed E-state index contributed by atoms with van der Waals surface area (Å²) in [5.74, 6) is -2.21. The molecule has 1 heterocycles. The van der Waals surface area contributed by atoms with Gasteiger partial charge in [0.05, 0.1) is 12.3 Å². The molecule has 1 amide bonds. The van der Waals surface area contributed by atoms with Gasteiger partial charge in [-0.25, -0.2) is 9.18 Å². The minimum absolute atomic E-state index is 0.0311. The van der Waals surface area contributed by atoms with Gasteiger partial charge in [0.2, 0.25) is 5.76 Å². The van der Waals surface area contributed by atoms with Crippen LogP contribution in [0.25, 0.3) is 11.0 Å². The molecule has 1 aromatic heterocycles. The Morgan fingerprint density at radius 2 is 2.00 bits per heavy atom. The molecule has 0 fully saturated rings. The number of carbonyl (C=O) groups excluding carboxylic acids is 2. The molecule has 0 unspecified atom stereocenters. The van der Waals surface area contributed by atoms with Gasteiger partial charge in [0.25, 0.3) is 5.91 Å². The second-order valence-electron chi connectivity index (χ2n) is 5.79. The topological polar surface area (TPSA) is 77.8 Å². The summed E-state index contributed by atoms with van der Waals surface area (Å²) in [5, 5.41) is 3.29. The fourth-order valence-corrected chi connectivity index (χ4v) is 2.76. The van der Waals surface area contributed by atoms with Crippen LogP contribution >= 0.6 is 11.6 Å². The molecule has 0 bridgehead atoms. The fourth-order valence-electron chi connectivity index (χ4n) is 2.59. The highest BCUT2D eigenvalue weighted by atomic mass is 35.5. The van der Waals surface area contributed by atoms with Crippen molar-refractivity contribution >= 4 is 40.1 Å². The van der Waals surface area contributed by atoms with Crippen molar-refractivity contribution in [3.05, 3.63) is 64.6 Å². The maximum atomic E-state index is 13.7. The van der Waals surface area contributed by atoms with Crippen LogP contribution < -0.4 is 5.32 Å². The number of nitrogens with one attached hydrogen (secondary N) is 1. The van der Waals surface area contributed by atoms with Crippen molar-refractivity contribution in [2.45, 2.75) is 13.5 Å². The third-order valence-corrected chi connectivity index (χ3v) is 4.11. The number of fused-ring (bicyclic) bond motifs is 1. The Hall–Kier alpha value is -2.90. The van der Waals surface area contributed by atoms with Crippen LogP contribution in [0.1, 0.15) is 23.0 Å². The van der Waals surface area contributed by atoms with Crippen LogP contribution in [-0.2, 0) is 20.9 Å². The van der Waals surface area contributed by atoms with E-state index in [9.17, 15) is 14.0 Å². The molecule has 2 aromatic carbocycles. The molecular weight excluding hydrogens is 389 g/mol. The van der Waals surface area contributed by atoms with Gasteiger partial charge in [-0.1, -0.05) is 29.8 Å². The summed E-state index contributed by atoms with van der Waals surface area (Å²) < 4.78 is 29.7. The lowest BCUT2D eigenvalue weighted by Crippen LogP contribution is -2.21. The first-order chi connectivity index (χ1) is 13.5. The zero-order valence-electron chi connectivity index (χ0n) is 15.0. The standard InChI is InChI=1S/C20H17ClFNO5/c1-2-26-10-14-13-5-3-4-6-17(13)28-19(14)20(25)27-11-18(24)23-16-9-12(21)7-8-15(16)22/h3-9H,2,10-11H2,1H3,(H,23,24). The SMILES string of the molecule is CCOCc1c(C(=O)OCC(=O)Nc2cc(Cl)ccc2F)oc2ccccc12.